The van der Waals surface area contributed by atoms with Crippen LogP contribution in [0, 0.1) is 5.92 Å². The van der Waals surface area contributed by atoms with Crippen LogP contribution in [0.25, 0.3) is 0 Å². The Labute approximate surface area is 113 Å². The summed E-state index contributed by atoms with van der Waals surface area (Å²) in [4.78, 5) is 13.2. The molecule has 2 aliphatic heterocycles. The fraction of sp³-hybridized carbons (Fsp3) is 0.929. The predicted octanol–water partition coefficient (Wildman–Crippen LogP) is 1.12. The average Bonchev–Trinajstić information content (AvgIpc) is 3.09. The first kappa shape index (κ1) is 13.3. The van der Waals surface area contributed by atoms with Crippen molar-refractivity contribution in [3.8, 4) is 0 Å². The first-order valence-corrected chi connectivity index (χ1v) is 7.34. The summed E-state index contributed by atoms with van der Waals surface area (Å²) in [6.45, 7) is 3.28. The summed E-state index contributed by atoms with van der Waals surface area (Å²) in [6.07, 6.45) is 5.34. The number of rotatable bonds is 5. The number of hydrogen-bond acceptors (Lipinski definition) is 4. The molecule has 0 aromatic heterocycles. The van der Waals surface area contributed by atoms with Gasteiger partial charge < -0.3 is 14.6 Å². The maximum absolute atomic E-state index is 11.1. The maximum Gasteiger partial charge on any atom is 0.317 e. The van der Waals surface area contributed by atoms with Crippen LogP contribution in [0.2, 0.25) is 0 Å². The van der Waals surface area contributed by atoms with Crippen LogP contribution in [0.15, 0.2) is 0 Å². The molecule has 3 fully saturated rings. The van der Waals surface area contributed by atoms with Crippen molar-refractivity contribution in [3.63, 3.8) is 0 Å². The minimum Gasteiger partial charge on any atom is -0.480 e. The summed E-state index contributed by atoms with van der Waals surface area (Å²) < 4.78 is 11.4. The Hall–Kier alpha value is -0.650. The van der Waals surface area contributed by atoms with E-state index in [-0.39, 0.29) is 12.1 Å². The number of carboxylic acid groups (broad SMARTS) is 1. The summed E-state index contributed by atoms with van der Waals surface area (Å²) in [5, 5.41) is 9.11. The van der Waals surface area contributed by atoms with Gasteiger partial charge >= 0.3 is 5.97 Å². The molecule has 3 rings (SSSR count). The van der Waals surface area contributed by atoms with Crippen molar-refractivity contribution in [2.24, 2.45) is 5.92 Å². The van der Waals surface area contributed by atoms with Gasteiger partial charge in [0.15, 0.2) is 0 Å². The lowest BCUT2D eigenvalue weighted by Gasteiger charge is -2.41. The Morgan fingerprint density at radius 2 is 2.16 bits per heavy atom. The van der Waals surface area contributed by atoms with E-state index >= 15 is 0 Å². The normalized spacial score (nSPS) is 35.1. The fourth-order valence-electron chi connectivity index (χ4n) is 3.33. The molecule has 2 heterocycles. The van der Waals surface area contributed by atoms with Gasteiger partial charge in [0.1, 0.15) is 0 Å². The quantitative estimate of drug-likeness (QED) is 0.810. The summed E-state index contributed by atoms with van der Waals surface area (Å²) in [5.41, 5.74) is -0.136. The van der Waals surface area contributed by atoms with Gasteiger partial charge in [0.05, 0.1) is 18.8 Å². The molecular weight excluding hydrogens is 246 g/mol. The monoisotopic (exact) mass is 269 g/mol. The van der Waals surface area contributed by atoms with E-state index in [0.29, 0.717) is 12.6 Å². The topological polar surface area (TPSA) is 59.0 Å². The Kier molecular flexibility index (Phi) is 3.78. The van der Waals surface area contributed by atoms with Crippen LogP contribution in [-0.4, -0.2) is 60.5 Å². The van der Waals surface area contributed by atoms with Crippen molar-refractivity contribution in [3.05, 3.63) is 0 Å². The van der Waals surface area contributed by atoms with Crippen LogP contribution in [0.4, 0.5) is 0 Å². The van der Waals surface area contributed by atoms with Gasteiger partial charge in [0.25, 0.3) is 0 Å². The zero-order chi connectivity index (χ0) is 13.3. The minimum atomic E-state index is -0.719. The molecule has 1 saturated carbocycles. The summed E-state index contributed by atoms with van der Waals surface area (Å²) in [6, 6.07) is 0.340. The molecule has 3 aliphatic rings. The molecule has 0 aromatic rings. The molecule has 19 heavy (non-hydrogen) atoms. The van der Waals surface area contributed by atoms with Crippen LogP contribution in [-0.2, 0) is 14.3 Å². The number of hydrogen-bond donors (Lipinski definition) is 1. The molecule has 108 valence electrons. The fourth-order valence-corrected chi connectivity index (χ4v) is 3.33. The molecule has 2 saturated heterocycles. The highest BCUT2D eigenvalue weighted by Crippen LogP contribution is 2.37. The second-order valence-corrected chi connectivity index (χ2v) is 6.25. The largest absolute Gasteiger partial charge is 0.480 e. The average molecular weight is 269 g/mol. The number of nitrogens with zero attached hydrogens (tertiary/aromatic N) is 1. The first-order valence-electron chi connectivity index (χ1n) is 7.34. The van der Waals surface area contributed by atoms with Gasteiger partial charge in [-0.15, -0.1) is 0 Å². The van der Waals surface area contributed by atoms with Crippen LogP contribution in [0.3, 0.4) is 0 Å². The highest BCUT2D eigenvalue weighted by Gasteiger charge is 2.43. The molecule has 0 aromatic carbocycles. The van der Waals surface area contributed by atoms with Gasteiger partial charge in [-0.2, -0.15) is 0 Å². The Morgan fingerprint density at radius 3 is 2.79 bits per heavy atom. The second kappa shape index (κ2) is 5.38. The smallest absolute Gasteiger partial charge is 0.317 e. The van der Waals surface area contributed by atoms with Crippen LogP contribution in [0.5, 0.6) is 0 Å². The van der Waals surface area contributed by atoms with Crippen molar-refractivity contribution in [1.29, 1.82) is 0 Å². The lowest BCUT2D eigenvalue weighted by molar-refractivity contribution is -0.142. The van der Waals surface area contributed by atoms with Gasteiger partial charge in [-0.3, -0.25) is 9.69 Å². The minimum absolute atomic E-state index is 0.136. The third-order valence-electron chi connectivity index (χ3n) is 4.58. The van der Waals surface area contributed by atoms with E-state index in [0.717, 1.165) is 44.9 Å². The van der Waals surface area contributed by atoms with Crippen molar-refractivity contribution >= 4 is 5.97 Å². The van der Waals surface area contributed by atoms with Gasteiger partial charge in [0, 0.05) is 32.2 Å². The summed E-state index contributed by atoms with van der Waals surface area (Å²) in [7, 11) is 0. The molecule has 0 bridgehead atoms. The zero-order valence-corrected chi connectivity index (χ0v) is 11.3. The van der Waals surface area contributed by atoms with E-state index in [2.05, 4.69) is 4.90 Å². The van der Waals surface area contributed by atoms with Crippen molar-refractivity contribution < 1.29 is 19.4 Å². The highest BCUT2D eigenvalue weighted by atomic mass is 16.6. The molecule has 2 unspecified atom stereocenters. The Balaban J connectivity index is 1.64. The molecule has 0 radical (unpaired) electrons. The predicted molar refractivity (Wildman–Crippen MR) is 69.1 cm³/mol. The zero-order valence-electron chi connectivity index (χ0n) is 11.3. The Morgan fingerprint density at radius 1 is 1.32 bits per heavy atom. The molecule has 1 spiro atoms. The van der Waals surface area contributed by atoms with E-state index in [4.69, 9.17) is 14.6 Å². The standard InChI is InChI=1S/C14H23NO4/c16-13(17)9-15(8-11-1-2-11)12-3-5-19-14(7-12)4-6-18-10-14/h11-12H,1-10H2,(H,16,17). The highest BCUT2D eigenvalue weighted by molar-refractivity contribution is 5.69. The number of aliphatic carboxylic acids is 1. The third kappa shape index (κ3) is 3.27. The van der Waals surface area contributed by atoms with Crippen molar-refractivity contribution in [2.75, 3.05) is 32.9 Å². The van der Waals surface area contributed by atoms with Crippen LogP contribution in [0.1, 0.15) is 32.1 Å². The number of ether oxygens (including phenoxy) is 2. The van der Waals surface area contributed by atoms with Crippen LogP contribution >= 0.6 is 0 Å². The van der Waals surface area contributed by atoms with E-state index in [1.54, 1.807) is 0 Å². The van der Waals surface area contributed by atoms with E-state index in [9.17, 15) is 4.79 Å². The lowest BCUT2D eigenvalue weighted by atomic mass is 9.88. The molecule has 5 nitrogen and oxygen atoms in total. The molecule has 5 heteroatoms. The SMILES string of the molecule is O=C(O)CN(CC1CC1)C1CCOC2(CCOC2)C1. The van der Waals surface area contributed by atoms with E-state index < -0.39 is 5.97 Å². The van der Waals surface area contributed by atoms with Gasteiger partial charge in [-0.25, -0.2) is 0 Å². The third-order valence-corrected chi connectivity index (χ3v) is 4.58. The van der Waals surface area contributed by atoms with Gasteiger partial charge in [-0.1, -0.05) is 0 Å². The first-order chi connectivity index (χ1) is 9.17. The second-order valence-electron chi connectivity index (χ2n) is 6.25. The molecule has 0 amide bonds. The van der Waals surface area contributed by atoms with E-state index in [1.165, 1.54) is 12.8 Å². The van der Waals surface area contributed by atoms with Crippen LogP contribution < -0.4 is 0 Å². The number of carbonyl (C=O) groups is 1. The summed E-state index contributed by atoms with van der Waals surface area (Å²) in [5.74, 6) is 0.00170. The van der Waals surface area contributed by atoms with Gasteiger partial charge in [-0.05, 0) is 31.6 Å². The Bertz CT molecular complexity index is 336. The molecule has 1 N–H and O–H groups in total. The lowest BCUT2D eigenvalue weighted by Crippen LogP contribution is -2.50. The van der Waals surface area contributed by atoms with E-state index in [1.807, 2.05) is 0 Å². The van der Waals surface area contributed by atoms with Crippen molar-refractivity contribution in [1.82, 2.24) is 4.90 Å². The van der Waals surface area contributed by atoms with Crippen molar-refractivity contribution in [2.45, 2.75) is 43.7 Å². The summed E-state index contributed by atoms with van der Waals surface area (Å²) >= 11 is 0. The molecule has 1 aliphatic carbocycles. The number of carboxylic acids is 1. The molecule has 2 atom stereocenters. The maximum atomic E-state index is 11.1. The van der Waals surface area contributed by atoms with Gasteiger partial charge in [0.2, 0.25) is 0 Å². The molecular formula is C14H23NO4.